The van der Waals surface area contributed by atoms with Gasteiger partial charge in [0, 0.05) is 59.0 Å². The molecule has 12 aromatic rings. The van der Waals surface area contributed by atoms with E-state index in [2.05, 4.69) is 247 Å². The van der Waals surface area contributed by atoms with Gasteiger partial charge in [-0.25, -0.2) is 0 Å². The van der Waals surface area contributed by atoms with E-state index in [1.807, 2.05) is 11.3 Å². The summed E-state index contributed by atoms with van der Waals surface area (Å²) in [4.78, 5) is 5.37. The quantitative estimate of drug-likeness (QED) is 0.164. The van der Waals surface area contributed by atoms with Gasteiger partial charge in [-0.15, -0.1) is 11.3 Å². The van der Waals surface area contributed by atoms with Crippen LogP contribution in [0.2, 0.25) is 0 Å². The molecule has 69 heavy (non-hydrogen) atoms. The minimum atomic E-state index is -0.594. The molecule has 10 aromatic carbocycles. The highest BCUT2D eigenvalue weighted by molar-refractivity contribution is 7.26. The molecule has 0 amide bonds. The Bertz CT molecular complexity index is 4110. The van der Waals surface area contributed by atoms with Gasteiger partial charge in [0.2, 0.25) is 0 Å². The molecule has 0 aliphatic carbocycles. The Balaban J connectivity index is 1.13. The van der Waals surface area contributed by atoms with Crippen molar-refractivity contribution in [1.82, 2.24) is 4.57 Å². The van der Waals surface area contributed by atoms with Crippen molar-refractivity contribution in [3.63, 3.8) is 0 Å². The third-order valence-electron chi connectivity index (χ3n) is 16.4. The number of rotatable bonds is 3. The molecule has 0 saturated carbocycles. The SMILES string of the molecule is CC1(C)c2ccccc2N(c2cc3c4c5c2c2ccccc2n5-c2cc5c(cc2B4N2c4ccccc4C(c4ccccc4)(c4ccccc4)c4cccc-3c42)sc2ccccc25)c2ccccc21. The van der Waals surface area contributed by atoms with E-state index in [0.717, 1.165) is 0 Å². The molecule has 16 rings (SSSR count). The molecule has 0 spiro atoms. The lowest BCUT2D eigenvalue weighted by Gasteiger charge is -2.52. The first-order valence-corrected chi connectivity index (χ1v) is 25.0. The van der Waals surface area contributed by atoms with Gasteiger partial charge >= 0.3 is 6.85 Å². The number of hydrogen-bond acceptors (Lipinski definition) is 3. The molecular weight excluding hydrogens is 854 g/mol. The second-order valence-corrected chi connectivity index (χ2v) is 21.0. The molecule has 6 heterocycles. The number of nitrogens with zero attached hydrogens (tertiary/aromatic N) is 3. The summed E-state index contributed by atoms with van der Waals surface area (Å²) < 4.78 is 5.29. The van der Waals surface area contributed by atoms with Crippen LogP contribution in [0.15, 0.2) is 218 Å². The summed E-state index contributed by atoms with van der Waals surface area (Å²) in [6.45, 7) is 4.65. The second kappa shape index (κ2) is 13.3. The highest BCUT2D eigenvalue weighted by Crippen LogP contribution is 2.61. The van der Waals surface area contributed by atoms with Gasteiger partial charge in [-0.3, -0.25) is 0 Å². The Hall–Kier alpha value is -8.12. The van der Waals surface area contributed by atoms with Gasteiger partial charge < -0.3 is 14.3 Å². The van der Waals surface area contributed by atoms with Gasteiger partial charge in [-0.05, 0) is 98.4 Å². The molecule has 0 atom stereocenters. The normalized spacial score (nSPS) is 15.2. The summed E-state index contributed by atoms with van der Waals surface area (Å²) in [5.41, 5.74) is 22.2. The van der Waals surface area contributed by atoms with Crippen molar-refractivity contribution < 1.29 is 0 Å². The van der Waals surface area contributed by atoms with Crippen LogP contribution >= 0.6 is 11.3 Å². The lowest BCUT2D eigenvalue weighted by Crippen LogP contribution is -2.62. The van der Waals surface area contributed by atoms with Gasteiger partial charge in [0.1, 0.15) is 0 Å². The van der Waals surface area contributed by atoms with Crippen molar-refractivity contribution in [1.29, 1.82) is 0 Å². The molecule has 0 unspecified atom stereocenters. The summed E-state index contributed by atoms with van der Waals surface area (Å²) in [5, 5.41) is 5.17. The minimum absolute atomic E-state index is 0.128. The molecular formula is C64H42BN3S. The topological polar surface area (TPSA) is 11.4 Å². The molecule has 2 aromatic heterocycles. The zero-order chi connectivity index (χ0) is 45.3. The van der Waals surface area contributed by atoms with Crippen molar-refractivity contribution >= 4 is 99.5 Å². The van der Waals surface area contributed by atoms with E-state index >= 15 is 0 Å². The largest absolute Gasteiger partial charge is 0.376 e. The summed E-state index contributed by atoms with van der Waals surface area (Å²) >= 11 is 1.91. The lowest BCUT2D eigenvalue weighted by molar-refractivity contribution is 0.632. The average molecular weight is 896 g/mol. The predicted molar refractivity (Wildman–Crippen MR) is 291 cm³/mol. The molecule has 3 nitrogen and oxygen atoms in total. The van der Waals surface area contributed by atoms with Crippen molar-refractivity contribution in [2.75, 3.05) is 9.71 Å². The Kier molecular flexibility index (Phi) is 7.32. The lowest BCUT2D eigenvalue weighted by atomic mass is 9.42. The van der Waals surface area contributed by atoms with E-state index in [4.69, 9.17) is 0 Å². The Labute approximate surface area is 404 Å². The van der Waals surface area contributed by atoms with E-state index < -0.39 is 5.41 Å². The average Bonchev–Trinajstić information content (AvgIpc) is 3.95. The van der Waals surface area contributed by atoms with E-state index in [1.165, 1.54) is 132 Å². The summed E-state index contributed by atoms with van der Waals surface area (Å²) in [6, 6.07) is 83.1. The molecule has 0 N–H and O–H groups in total. The zero-order valence-corrected chi connectivity index (χ0v) is 38.9. The number of fused-ring (bicyclic) bond motifs is 15. The molecule has 322 valence electrons. The molecule has 0 saturated heterocycles. The van der Waals surface area contributed by atoms with Gasteiger partial charge in [0.15, 0.2) is 0 Å². The molecule has 4 aliphatic rings. The van der Waals surface area contributed by atoms with Crippen molar-refractivity contribution in [3.05, 3.63) is 252 Å². The van der Waals surface area contributed by atoms with E-state index in [9.17, 15) is 0 Å². The monoisotopic (exact) mass is 895 g/mol. The molecule has 4 aliphatic heterocycles. The second-order valence-electron chi connectivity index (χ2n) is 19.9. The molecule has 0 fully saturated rings. The van der Waals surface area contributed by atoms with Crippen LogP contribution in [0.5, 0.6) is 0 Å². The molecule has 0 bridgehead atoms. The summed E-state index contributed by atoms with van der Waals surface area (Å²) in [5.74, 6) is 0. The van der Waals surface area contributed by atoms with Crippen LogP contribution in [-0.4, -0.2) is 11.4 Å². The summed E-state index contributed by atoms with van der Waals surface area (Å²) in [6.07, 6.45) is 0. The maximum Gasteiger partial charge on any atom is 0.333 e. The number of thiophene rings is 1. The number of benzene rings is 10. The van der Waals surface area contributed by atoms with Crippen LogP contribution in [0.25, 0.3) is 58.8 Å². The minimum Gasteiger partial charge on any atom is -0.376 e. The van der Waals surface area contributed by atoms with Gasteiger partial charge in [-0.1, -0.05) is 184 Å². The van der Waals surface area contributed by atoms with E-state index in [0.29, 0.717) is 0 Å². The number of aromatic nitrogens is 1. The number of para-hydroxylation sites is 5. The van der Waals surface area contributed by atoms with Gasteiger partial charge in [-0.2, -0.15) is 0 Å². The van der Waals surface area contributed by atoms with Crippen LogP contribution < -0.4 is 20.6 Å². The Morgan fingerprint density at radius 2 is 1.03 bits per heavy atom. The van der Waals surface area contributed by atoms with Crippen LogP contribution in [0.3, 0.4) is 0 Å². The van der Waals surface area contributed by atoms with Crippen LogP contribution in [0.1, 0.15) is 47.2 Å². The Morgan fingerprint density at radius 1 is 0.435 bits per heavy atom. The van der Waals surface area contributed by atoms with Crippen LogP contribution in [0, 0.1) is 0 Å². The smallest absolute Gasteiger partial charge is 0.333 e. The third kappa shape index (κ3) is 4.60. The molecule has 5 heteroatoms. The fourth-order valence-corrected chi connectivity index (χ4v) is 14.8. The van der Waals surface area contributed by atoms with Crippen LogP contribution in [-0.2, 0) is 10.8 Å². The fourth-order valence-electron chi connectivity index (χ4n) is 13.7. The highest BCUT2D eigenvalue weighted by atomic mass is 32.1. The first kappa shape index (κ1) is 37.9. The number of hydrogen-bond donors (Lipinski definition) is 0. The first-order valence-electron chi connectivity index (χ1n) is 24.2. The predicted octanol–water partition coefficient (Wildman–Crippen LogP) is 15.2. The first-order chi connectivity index (χ1) is 34.0. The maximum atomic E-state index is 2.76. The van der Waals surface area contributed by atoms with E-state index in [1.54, 1.807) is 0 Å². The van der Waals surface area contributed by atoms with Crippen molar-refractivity contribution in [2.45, 2.75) is 24.7 Å². The van der Waals surface area contributed by atoms with Crippen molar-refractivity contribution in [2.24, 2.45) is 0 Å². The fraction of sp³-hybridized carbons (Fsp3) is 0.0625. The van der Waals surface area contributed by atoms with Crippen LogP contribution in [0.4, 0.5) is 28.4 Å². The van der Waals surface area contributed by atoms with E-state index in [-0.39, 0.29) is 12.3 Å². The Morgan fingerprint density at radius 3 is 1.75 bits per heavy atom. The third-order valence-corrected chi connectivity index (χ3v) is 17.5. The molecule has 0 radical (unpaired) electrons. The number of anilines is 5. The van der Waals surface area contributed by atoms with Gasteiger partial charge in [0.25, 0.3) is 0 Å². The maximum absolute atomic E-state index is 2.76. The van der Waals surface area contributed by atoms with Crippen molar-refractivity contribution in [3.8, 4) is 16.8 Å². The van der Waals surface area contributed by atoms with Gasteiger partial charge in [0.05, 0.1) is 33.5 Å². The standard InChI is InChI=1S/C64H42BN3S/c1-63(2)46-27-11-15-32-52(46)66(53-33-16-12-28-47(53)63)56-37-45-42-26-19-30-49-61(42)68(54-34-17-13-29-48(54)64(49,39-20-5-3-6-21-39)40-22-7-4-8-23-40)65-50-38-58-44(41-24-10-18-35-57(41)69-58)36-55(50)67-51-31-14-9-25-43(51)59(56)62(67)60(45)65/h3-38H,1-2H3. The highest BCUT2D eigenvalue weighted by Gasteiger charge is 2.53. The summed E-state index contributed by atoms with van der Waals surface area (Å²) in [7, 11) is 0. The zero-order valence-electron chi connectivity index (χ0n) is 38.1.